The highest BCUT2D eigenvalue weighted by Crippen LogP contribution is 2.59. The first-order chi connectivity index (χ1) is 18.3. The summed E-state index contributed by atoms with van der Waals surface area (Å²) in [6, 6.07) is 6.64. The van der Waals surface area contributed by atoms with Crippen LogP contribution < -0.4 is 15.2 Å². The van der Waals surface area contributed by atoms with Crippen LogP contribution in [-0.2, 0) is 5.41 Å². The molecule has 3 nitrogen and oxygen atoms in total. The quantitative estimate of drug-likeness (QED) is 0.332. The summed E-state index contributed by atoms with van der Waals surface area (Å²) >= 11 is 0. The van der Waals surface area contributed by atoms with Gasteiger partial charge in [-0.3, -0.25) is 4.52 Å². The van der Waals surface area contributed by atoms with Crippen molar-refractivity contribution < 1.29 is 12.9 Å². The highest BCUT2D eigenvalue weighted by Gasteiger charge is 2.51. The number of fused-ring (bicyclic) bond motifs is 3. The van der Waals surface area contributed by atoms with Gasteiger partial charge >= 0.3 is 8.24 Å². The molecule has 0 N–H and O–H groups in total. The van der Waals surface area contributed by atoms with E-state index in [1.54, 1.807) is 0 Å². The predicted molar refractivity (Wildman–Crippen MR) is 175 cm³/mol. The highest BCUT2D eigenvalue weighted by molar-refractivity contribution is 7.31. The van der Waals surface area contributed by atoms with Crippen molar-refractivity contribution in [2.75, 3.05) is 6.61 Å². The van der Waals surface area contributed by atoms with Crippen LogP contribution in [0.3, 0.4) is 0 Å². The van der Waals surface area contributed by atoms with Crippen LogP contribution in [0.1, 0.15) is 135 Å². The van der Waals surface area contributed by atoms with E-state index in [9.17, 15) is 0 Å². The second-order valence-electron chi connectivity index (χ2n) is 16.3. The Hall–Kier alpha value is -1.44. The first kappa shape index (κ1) is 33.1. The van der Waals surface area contributed by atoms with Crippen molar-refractivity contribution in [3.8, 4) is 0 Å². The molecule has 0 spiro atoms. The van der Waals surface area contributed by atoms with E-state index < -0.39 is 8.24 Å². The third-order valence-electron chi connectivity index (χ3n) is 9.35. The molecule has 1 aliphatic rings. The van der Waals surface area contributed by atoms with E-state index in [0.717, 1.165) is 29.2 Å². The zero-order valence-corrected chi connectivity index (χ0v) is 29.2. The van der Waals surface area contributed by atoms with Crippen LogP contribution in [0.5, 0.6) is 0 Å². The highest BCUT2D eigenvalue weighted by atomic mass is 31.1. The Morgan fingerprint density at radius 1 is 0.875 bits per heavy atom. The molecule has 0 bridgehead atoms. The van der Waals surface area contributed by atoms with E-state index in [4.69, 9.17) is 12.9 Å². The molecule has 0 aliphatic heterocycles. The standard InChI is InChI=1S/C36H59O3P/c1-15-17-19-25(16-2)24-37-40-38-30-26(20-18-21-28(30)32(3,4)5)27-22-36(34(9,10)11,35(12,13)14)23-29(31(27)39-40)33(6,7)8/h18,20-22,25H,15-17,19,23-24H2,1-14H3. The van der Waals surface area contributed by atoms with Gasteiger partial charge in [-0.25, -0.2) is 0 Å². The molecule has 4 heteroatoms. The van der Waals surface area contributed by atoms with Crippen molar-refractivity contribution in [1.82, 2.24) is 0 Å². The van der Waals surface area contributed by atoms with E-state index in [2.05, 4.69) is 121 Å². The molecule has 1 aromatic heterocycles. The first-order valence-electron chi connectivity index (χ1n) is 15.7. The fourth-order valence-electron chi connectivity index (χ4n) is 6.61. The molecule has 0 fully saturated rings. The summed E-state index contributed by atoms with van der Waals surface area (Å²) in [5.41, 5.74) is 4.30. The Morgan fingerprint density at radius 3 is 2.00 bits per heavy atom. The Kier molecular flexibility index (Phi) is 9.66. The topological polar surface area (TPSA) is 35.5 Å². The molecule has 1 heterocycles. The molecule has 0 radical (unpaired) electrons. The maximum Gasteiger partial charge on any atom is 0.387 e. The molecular formula is C36H59O3P. The van der Waals surface area contributed by atoms with Gasteiger partial charge in [0.05, 0.1) is 6.61 Å². The Bertz CT molecular complexity index is 1320. The molecule has 2 atom stereocenters. The minimum Gasteiger partial charge on any atom is -0.399 e. The molecular weight excluding hydrogens is 511 g/mol. The van der Waals surface area contributed by atoms with E-state index >= 15 is 0 Å². The zero-order valence-electron chi connectivity index (χ0n) is 28.3. The summed E-state index contributed by atoms with van der Waals surface area (Å²) in [5, 5.41) is 2.31. The molecule has 3 rings (SSSR count). The van der Waals surface area contributed by atoms with Crippen LogP contribution >= 0.6 is 8.24 Å². The lowest BCUT2D eigenvalue weighted by Crippen LogP contribution is -2.51. The van der Waals surface area contributed by atoms with Gasteiger partial charge in [0.2, 0.25) is 0 Å². The van der Waals surface area contributed by atoms with Gasteiger partial charge in [-0.15, -0.1) is 0 Å². The van der Waals surface area contributed by atoms with Gasteiger partial charge in [-0.2, -0.15) is 0 Å². The Balaban J connectivity index is 2.55. The summed E-state index contributed by atoms with van der Waals surface area (Å²) < 4.78 is 20.4. The van der Waals surface area contributed by atoms with Gasteiger partial charge in [0.15, 0.2) is 0 Å². The number of benzene rings is 1. The van der Waals surface area contributed by atoms with Crippen molar-refractivity contribution in [3.63, 3.8) is 0 Å². The van der Waals surface area contributed by atoms with Gasteiger partial charge in [0.25, 0.3) is 0 Å². The van der Waals surface area contributed by atoms with Gasteiger partial charge in [-0.1, -0.05) is 140 Å². The lowest BCUT2D eigenvalue weighted by molar-refractivity contribution is 0.0346. The van der Waals surface area contributed by atoms with Gasteiger partial charge in [-0.05, 0) is 46.0 Å². The maximum absolute atomic E-state index is 6.95. The zero-order chi connectivity index (χ0) is 30.3. The van der Waals surface area contributed by atoms with Crippen LogP contribution in [0.4, 0.5) is 0 Å². The number of rotatable bonds is 7. The maximum atomic E-state index is 6.95. The van der Waals surface area contributed by atoms with Gasteiger partial charge in [0, 0.05) is 21.6 Å². The molecule has 0 saturated carbocycles. The normalized spacial score (nSPS) is 17.4. The third-order valence-corrected chi connectivity index (χ3v) is 10.4. The summed E-state index contributed by atoms with van der Waals surface area (Å²) in [6.45, 7) is 33.4. The van der Waals surface area contributed by atoms with Crippen molar-refractivity contribution >= 4 is 30.9 Å². The molecule has 0 amide bonds. The number of hydrogen-bond acceptors (Lipinski definition) is 3. The van der Waals surface area contributed by atoms with Crippen molar-refractivity contribution in [2.45, 2.75) is 134 Å². The average Bonchev–Trinajstić information content (AvgIpc) is 2.97. The van der Waals surface area contributed by atoms with Gasteiger partial charge in [0.1, 0.15) is 11.0 Å². The van der Waals surface area contributed by atoms with Crippen LogP contribution in [0.2, 0.25) is 0 Å². The lowest BCUT2D eigenvalue weighted by atomic mass is 9.49. The minimum absolute atomic E-state index is 0.0318. The predicted octanol–water partition coefficient (Wildman–Crippen LogP) is 10.5. The summed E-state index contributed by atoms with van der Waals surface area (Å²) in [4.78, 5) is 0. The largest absolute Gasteiger partial charge is 0.399 e. The Labute approximate surface area is 246 Å². The van der Waals surface area contributed by atoms with E-state index in [0.29, 0.717) is 12.5 Å². The van der Waals surface area contributed by atoms with Crippen LogP contribution in [0.15, 0.2) is 26.6 Å². The molecule has 2 unspecified atom stereocenters. The van der Waals surface area contributed by atoms with Crippen LogP contribution in [0.25, 0.3) is 22.6 Å². The van der Waals surface area contributed by atoms with Crippen molar-refractivity contribution in [3.05, 3.63) is 34.4 Å². The first-order valence-corrected chi connectivity index (χ1v) is 16.8. The van der Waals surface area contributed by atoms with Crippen LogP contribution in [-0.4, -0.2) is 6.61 Å². The Morgan fingerprint density at radius 2 is 1.50 bits per heavy atom. The van der Waals surface area contributed by atoms with Crippen molar-refractivity contribution in [1.29, 1.82) is 0 Å². The molecule has 40 heavy (non-hydrogen) atoms. The molecule has 0 saturated heterocycles. The SMILES string of the molecule is CCCCC(CC)COp1oc2c(c3cccc(C(C)(C)C)c3o1)=CC(C(C)(C)C)(C(C)(C)C)CC=2C(C)(C)C. The molecule has 2 aromatic rings. The summed E-state index contributed by atoms with van der Waals surface area (Å²) in [7, 11) is -1.60. The molecule has 1 aromatic carbocycles. The number of para-hydroxylation sites is 1. The smallest absolute Gasteiger partial charge is 0.387 e. The van der Waals surface area contributed by atoms with E-state index in [1.807, 2.05) is 0 Å². The minimum atomic E-state index is -1.60. The number of unbranched alkanes of at least 4 members (excludes halogenated alkanes) is 1. The monoisotopic (exact) mass is 570 g/mol. The van der Waals surface area contributed by atoms with Gasteiger partial charge < -0.3 is 8.39 Å². The lowest BCUT2D eigenvalue weighted by Gasteiger charge is -2.54. The fourth-order valence-corrected chi connectivity index (χ4v) is 7.78. The third kappa shape index (κ3) is 6.62. The van der Waals surface area contributed by atoms with Crippen molar-refractivity contribution in [2.24, 2.45) is 27.6 Å². The fraction of sp³-hybridized carbons (Fsp3) is 0.722. The van der Waals surface area contributed by atoms with E-state index in [1.165, 1.54) is 35.6 Å². The molecule has 226 valence electrons. The van der Waals surface area contributed by atoms with E-state index in [-0.39, 0.29) is 27.1 Å². The van der Waals surface area contributed by atoms with Crippen LogP contribution in [0, 0.1) is 27.6 Å². The average molecular weight is 571 g/mol. The number of hydrogen-bond donors (Lipinski definition) is 0. The second kappa shape index (κ2) is 11.7. The molecule has 1 aliphatic carbocycles. The summed E-state index contributed by atoms with van der Waals surface area (Å²) in [6.07, 6.45) is 8.23. The summed E-state index contributed by atoms with van der Waals surface area (Å²) in [5.74, 6) is 0.516. The second-order valence-corrected chi connectivity index (χ2v) is 17.4.